The fraction of sp³-hybridized carbons (Fsp3) is 0.214. The van der Waals surface area contributed by atoms with Gasteiger partial charge in [-0.2, -0.15) is 5.10 Å². The molecule has 2 N–H and O–H groups in total. The number of aryl methyl sites for hydroxylation is 2. The van der Waals surface area contributed by atoms with Crippen LogP contribution in [0.1, 0.15) is 27.5 Å². The lowest BCUT2D eigenvalue weighted by atomic mass is 10.1. The molecule has 0 aliphatic carbocycles. The summed E-state index contributed by atoms with van der Waals surface area (Å²) in [6.45, 7) is 1.77. The monoisotopic (exact) mass is 307 g/mol. The number of carboxylic acid groups (broad SMARTS) is 1. The van der Waals surface area contributed by atoms with Crippen LogP contribution in [0.3, 0.4) is 0 Å². The highest BCUT2D eigenvalue weighted by Crippen LogP contribution is 2.21. The van der Waals surface area contributed by atoms with E-state index in [-0.39, 0.29) is 5.56 Å². The van der Waals surface area contributed by atoms with Crippen LogP contribution in [-0.2, 0) is 11.8 Å². The number of aromatic nitrogens is 2. The fourth-order valence-electron chi connectivity index (χ4n) is 1.91. The molecule has 0 fully saturated rings. The zero-order chi connectivity index (χ0) is 15.6. The zero-order valence-electron chi connectivity index (χ0n) is 11.5. The molecule has 0 saturated carbocycles. The zero-order valence-corrected chi connectivity index (χ0v) is 12.3. The van der Waals surface area contributed by atoms with Crippen LogP contribution in [0.4, 0.5) is 0 Å². The minimum Gasteiger partial charge on any atom is -0.479 e. The van der Waals surface area contributed by atoms with E-state index in [1.165, 1.54) is 17.1 Å². The Morgan fingerprint density at radius 1 is 1.43 bits per heavy atom. The summed E-state index contributed by atoms with van der Waals surface area (Å²) >= 11 is 6.08. The molecule has 0 radical (unpaired) electrons. The third kappa shape index (κ3) is 3.22. The quantitative estimate of drug-likeness (QED) is 0.904. The van der Waals surface area contributed by atoms with Gasteiger partial charge in [0.2, 0.25) is 0 Å². The Labute approximate surface area is 126 Å². The van der Waals surface area contributed by atoms with E-state index in [0.29, 0.717) is 10.6 Å². The molecule has 1 amide bonds. The van der Waals surface area contributed by atoms with Crippen LogP contribution in [-0.4, -0.2) is 26.8 Å². The van der Waals surface area contributed by atoms with Crippen molar-refractivity contribution in [3.05, 3.63) is 52.3 Å². The number of carboxylic acids is 1. The summed E-state index contributed by atoms with van der Waals surface area (Å²) in [6.07, 6.45) is 2.94. The second kappa shape index (κ2) is 5.97. The summed E-state index contributed by atoms with van der Waals surface area (Å²) in [5.74, 6) is -1.71. The van der Waals surface area contributed by atoms with Gasteiger partial charge in [-0.05, 0) is 18.6 Å². The van der Waals surface area contributed by atoms with Crippen molar-refractivity contribution >= 4 is 23.5 Å². The minimum atomic E-state index is -1.18. The van der Waals surface area contributed by atoms with Crippen LogP contribution in [0.15, 0.2) is 30.6 Å². The number of halogens is 1. The SMILES string of the molecule is Cc1cccc(C(=O)NC(C(=O)O)c2cnn(C)c2)c1Cl. The number of hydrogen-bond acceptors (Lipinski definition) is 3. The van der Waals surface area contributed by atoms with E-state index in [4.69, 9.17) is 11.6 Å². The first-order chi connectivity index (χ1) is 9.90. The third-order valence-electron chi connectivity index (χ3n) is 3.02. The molecule has 0 bridgehead atoms. The van der Waals surface area contributed by atoms with Crippen molar-refractivity contribution in [3.8, 4) is 0 Å². The average Bonchev–Trinajstić information content (AvgIpc) is 2.84. The van der Waals surface area contributed by atoms with Crippen molar-refractivity contribution in [2.45, 2.75) is 13.0 Å². The number of nitrogens with one attached hydrogen (secondary N) is 1. The van der Waals surface area contributed by atoms with E-state index in [2.05, 4.69) is 10.4 Å². The van der Waals surface area contributed by atoms with Crippen LogP contribution in [0.2, 0.25) is 5.02 Å². The molecule has 1 aromatic heterocycles. The Kier molecular flexibility index (Phi) is 4.28. The van der Waals surface area contributed by atoms with Crippen LogP contribution < -0.4 is 5.32 Å². The molecule has 0 saturated heterocycles. The van der Waals surface area contributed by atoms with Crippen LogP contribution in [0.5, 0.6) is 0 Å². The number of carbonyl (C=O) groups excluding carboxylic acids is 1. The van der Waals surface area contributed by atoms with Crippen molar-refractivity contribution < 1.29 is 14.7 Å². The van der Waals surface area contributed by atoms with Gasteiger partial charge in [-0.25, -0.2) is 4.79 Å². The van der Waals surface area contributed by atoms with Crippen molar-refractivity contribution in [1.82, 2.24) is 15.1 Å². The Hall–Kier alpha value is -2.34. The maximum absolute atomic E-state index is 12.2. The first-order valence-corrected chi connectivity index (χ1v) is 6.55. The molecule has 6 nitrogen and oxygen atoms in total. The Bertz CT molecular complexity index is 697. The van der Waals surface area contributed by atoms with Gasteiger partial charge >= 0.3 is 5.97 Å². The molecule has 0 spiro atoms. The summed E-state index contributed by atoms with van der Waals surface area (Å²) in [5.41, 5.74) is 1.38. The summed E-state index contributed by atoms with van der Waals surface area (Å²) in [5, 5.41) is 15.9. The van der Waals surface area contributed by atoms with Gasteiger partial charge in [0.1, 0.15) is 0 Å². The number of hydrogen-bond donors (Lipinski definition) is 2. The molecule has 1 atom stereocenters. The van der Waals surface area contributed by atoms with Gasteiger partial charge in [-0.1, -0.05) is 23.7 Å². The Balaban J connectivity index is 2.27. The summed E-state index contributed by atoms with van der Waals surface area (Å²) < 4.78 is 1.47. The van der Waals surface area contributed by atoms with Crippen molar-refractivity contribution in [3.63, 3.8) is 0 Å². The molecule has 0 aliphatic heterocycles. The molecule has 110 valence electrons. The van der Waals surface area contributed by atoms with Gasteiger partial charge in [-0.3, -0.25) is 9.48 Å². The van der Waals surface area contributed by atoms with Crippen molar-refractivity contribution in [1.29, 1.82) is 0 Å². The molecule has 1 unspecified atom stereocenters. The Morgan fingerprint density at radius 3 is 2.71 bits per heavy atom. The van der Waals surface area contributed by atoms with Gasteiger partial charge in [0.15, 0.2) is 6.04 Å². The number of nitrogens with zero attached hydrogens (tertiary/aromatic N) is 2. The van der Waals surface area contributed by atoms with Crippen LogP contribution >= 0.6 is 11.6 Å². The molecule has 1 aromatic carbocycles. The standard InChI is InChI=1S/C14H14ClN3O3/c1-8-4-3-5-10(11(8)15)13(19)17-12(14(20)21)9-6-16-18(2)7-9/h3-7,12H,1-2H3,(H,17,19)(H,20,21). The van der Waals surface area contributed by atoms with Gasteiger partial charge in [0.05, 0.1) is 16.8 Å². The van der Waals surface area contributed by atoms with Crippen LogP contribution in [0.25, 0.3) is 0 Å². The van der Waals surface area contributed by atoms with Crippen LogP contribution in [0, 0.1) is 6.92 Å². The average molecular weight is 308 g/mol. The number of carbonyl (C=O) groups is 2. The van der Waals surface area contributed by atoms with Gasteiger partial charge in [-0.15, -0.1) is 0 Å². The van der Waals surface area contributed by atoms with Crippen molar-refractivity contribution in [2.75, 3.05) is 0 Å². The lowest BCUT2D eigenvalue weighted by Crippen LogP contribution is -2.33. The highest BCUT2D eigenvalue weighted by Gasteiger charge is 2.25. The third-order valence-corrected chi connectivity index (χ3v) is 3.52. The predicted molar refractivity (Wildman–Crippen MR) is 77.2 cm³/mol. The smallest absolute Gasteiger partial charge is 0.331 e. The molecule has 21 heavy (non-hydrogen) atoms. The highest BCUT2D eigenvalue weighted by molar-refractivity contribution is 6.34. The predicted octanol–water partition coefficient (Wildman–Crippen LogP) is 1.94. The molecule has 7 heteroatoms. The second-order valence-electron chi connectivity index (χ2n) is 4.63. The first-order valence-electron chi connectivity index (χ1n) is 6.17. The fourth-order valence-corrected chi connectivity index (χ4v) is 2.12. The largest absolute Gasteiger partial charge is 0.479 e. The van der Waals surface area contributed by atoms with E-state index >= 15 is 0 Å². The number of benzene rings is 1. The number of amides is 1. The summed E-state index contributed by atoms with van der Waals surface area (Å²) in [4.78, 5) is 23.6. The van der Waals surface area contributed by atoms with Gasteiger partial charge in [0.25, 0.3) is 5.91 Å². The first kappa shape index (κ1) is 15.1. The van der Waals surface area contributed by atoms with E-state index < -0.39 is 17.9 Å². The minimum absolute atomic E-state index is 0.242. The lowest BCUT2D eigenvalue weighted by molar-refractivity contribution is -0.139. The molecular weight excluding hydrogens is 294 g/mol. The lowest BCUT2D eigenvalue weighted by Gasteiger charge is -2.14. The molecule has 0 aliphatic rings. The topological polar surface area (TPSA) is 84.2 Å². The summed E-state index contributed by atoms with van der Waals surface area (Å²) in [7, 11) is 1.67. The molecule has 2 rings (SSSR count). The molecular formula is C14H14ClN3O3. The van der Waals surface area contributed by atoms with E-state index in [1.54, 1.807) is 32.2 Å². The molecule has 2 aromatic rings. The van der Waals surface area contributed by atoms with Crippen molar-refractivity contribution in [2.24, 2.45) is 7.05 Å². The normalized spacial score (nSPS) is 12.0. The maximum atomic E-state index is 12.2. The highest BCUT2D eigenvalue weighted by atomic mass is 35.5. The Morgan fingerprint density at radius 2 is 2.14 bits per heavy atom. The van der Waals surface area contributed by atoms with E-state index in [9.17, 15) is 14.7 Å². The number of rotatable bonds is 4. The van der Waals surface area contributed by atoms with E-state index in [1.807, 2.05) is 0 Å². The van der Waals surface area contributed by atoms with Gasteiger partial charge < -0.3 is 10.4 Å². The van der Waals surface area contributed by atoms with Gasteiger partial charge in [0, 0.05) is 18.8 Å². The second-order valence-corrected chi connectivity index (χ2v) is 5.01. The summed E-state index contributed by atoms with van der Waals surface area (Å²) in [6, 6.07) is 3.83. The van der Waals surface area contributed by atoms with E-state index in [0.717, 1.165) is 5.56 Å². The number of aliphatic carboxylic acids is 1. The maximum Gasteiger partial charge on any atom is 0.331 e. The molecule has 1 heterocycles.